The summed E-state index contributed by atoms with van der Waals surface area (Å²) in [5.41, 5.74) is 6.89. The van der Waals surface area contributed by atoms with Gasteiger partial charge >= 0.3 is 0 Å². The van der Waals surface area contributed by atoms with E-state index in [0.717, 1.165) is 18.6 Å². The minimum atomic E-state index is -0.760. The van der Waals surface area contributed by atoms with Gasteiger partial charge in [0.1, 0.15) is 12.0 Å². The third kappa shape index (κ3) is 3.70. The van der Waals surface area contributed by atoms with Gasteiger partial charge in [0, 0.05) is 23.6 Å². The fraction of sp³-hybridized carbons (Fsp3) is 0.250. The van der Waals surface area contributed by atoms with Crippen LogP contribution in [-0.2, 0) is 0 Å². The topological polar surface area (TPSA) is 106 Å². The molecule has 2 aromatic rings. The molecule has 1 saturated carbocycles. The normalized spacial score (nSPS) is 20.8. The molecule has 0 saturated heterocycles. The number of halogens is 2. The first-order valence-electron chi connectivity index (χ1n) is 7.61. The summed E-state index contributed by atoms with van der Waals surface area (Å²) in [5.74, 6) is -1.89. The third-order valence-electron chi connectivity index (χ3n) is 3.86. The van der Waals surface area contributed by atoms with Crippen molar-refractivity contribution in [2.75, 3.05) is 0 Å². The smallest absolute Gasteiger partial charge is 0.275 e. The standard InChI is InChI=1S/C16H15F2N5O2/c17-9-4-5-14(11(18)6-9)21-12-2-1-3-13(10(12)7-19)22-16(24)15-8-20-25-23-15/h4-8,13H,1-3,19H2,(H,22,24)/b10-7+,21-12?. The average molecular weight is 347 g/mol. The first-order valence-corrected chi connectivity index (χ1v) is 7.61. The summed E-state index contributed by atoms with van der Waals surface area (Å²) in [4.78, 5) is 16.4. The minimum Gasteiger partial charge on any atom is -0.404 e. The maximum absolute atomic E-state index is 13.8. The Bertz CT molecular complexity index is 833. The first-order chi connectivity index (χ1) is 12.1. The molecule has 1 amide bonds. The highest BCUT2D eigenvalue weighted by molar-refractivity contribution is 6.04. The van der Waals surface area contributed by atoms with E-state index in [1.807, 2.05) is 0 Å². The molecule has 1 aromatic carbocycles. The largest absolute Gasteiger partial charge is 0.404 e. The number of carbonyl (C=O) groups excluding carboxylic acids is 1. The number of hydrogen-bond acceptors (Lipinski definition) is 6. The van der Waals surface area contributed by atoms with E-state index in [-0.39, 0.29) is 11.4 Å². The number of carbonyl (C=O) groups is 1. The molecular weight excluding hydrogens is 332 g/mol. The molecule has 1 unspecified atom stereocenters. The summed E-state index contributed by atoms with van der Waals surface area (Å²) in [6.07, 6.45) is 4.47. The quantitative estimate of drug-likeness (QED) is 0.886. The summed E-state index contributed by atoms with van der Waals surface area (Å²) < 4.78 is 31.3. The zero-order chi connectivity index (χ0) is 17.8. The molecule has 1 heterocycles. The van der Waals surface area contributed by atoms with E-state index in [1.54, 1.807) is 0 Å². The Hall–Kier alpha value is -3.10. The van der Waals surface area contributed by atoms with Gasteiger partial charge in [0.25, 0.3) is 5.91 Å². The van der Waals surface area contributed by atoms with Crippen LogP contribution in [0.1, 0.15) is 29.8 Å². The third-order valence-corrected chi connectivity index (χ3v) is 3.86. The number of hydrogen-bond donors (Lipinski definition) is 2. The van der Waals surface area contributed by atoms with Gasteiger partial charge in [0.2, 0.25) is 0 Å². The van der Waals surface area contributed by atoms with Crippen molar-refractivity contribution in [1.82, 2.24) is 15.6 Å². The number of nitrogens with one attached hydrogen (secondary N) is 1. The first kappa shape index (κ1) is 16.7. The van der Waals surface area contributed by atoms with Crippen LogP contribution in [0.15, 0.2) is 45.8 Å². The van der Waals surface area contributed by atoms with Crippen LogP contribution in [0.2, 0.25) is 0 Å². The number of nitrogens with zero attached hydrogens (tertiary/aromatic N) is 3. The monoisotopic (exact) mass is 347 g/mol. The van der Waals surface area contributed by atoms with Crippen LogP contribution in [0.3, 0.4) is 0 Å². The minimum absolute atomic E-state index is 0.0171. The van der Waals surface area contributed by atoms with Gasteiger partial charge in [-0.05, 0) is 36.6 Å². The Labute approximate surface area is 141 Å². The highest BCUT2D eigenvalue weighted by atomic mass is 19.1. The van der Waals surface area contributed by atoms with Gasteiger partial charge in [-0.3, -0.25) is 4.79 Å². The summed E-state index contributed by atoms with van der Waals surface area (Å²) in [6.45, 7) is 0. The van der Waals surface area contributed by atoms with Crippen molar-refractivity contribution in [2.45, 2.75) is 25.3 Å². The lowest BCUT2D eigenvalue weighted by Gasteiger charge is -2.27. The summed E-state index contributed by atoms with van der Waals surface area (Å²) in [7, 11) is 0. The van der Waals surface area contributed by atoms with Crippen LogP contribution in [-0.4, -0.2) is 28.0 Å². The van der Waals surface area contributed by atoms with Crippen molar-refractivity contribution in [3.05, 3.63) is 53.5 Å². The molecule has 3 N–H and O–H groups in total. The number of rotatable bonds is 3. The molecule has 1 atom stereocenters. The van der Waals surface area contributed by atoms with Crippen LogP contribution in [0, 0.1) is 11.6 Å². The molecule has 1 aliphatic rings. The predicted octanol–water partition coefficient (Wildman–Crippen LogP) is 2.25. The van der Waals surface area contributed by atoms with Gasteiger partial charge < -0.3 is 11.1 Å². The predicted molar refractivity (Wildman–Crippen MR) is 85.1 cm³/mol. The Morgan fingerprint density at radius 2 is 2.28 bits per heavy atom. The summed E-state index contributed by atoms with van der Waals surface area (Å²) in [6, 6.07) is 2.76. The highest BCUT2D eigenvalue weighted by Crippen LogP contribution is 2.26. The molecule has 7 nitrogen and oxygen atoms in total. The van der Waals surface area contributed by atoms with Crippen molar-refractivity contribution < 1.29 is 18.2 Å². The van der Waals surface area contributed by atoms with Gasteiger partial charge in [-0.1, -0.05) is 5.16 Å². The van der Waals surface area contributed by atoms with E-state index < -0.39 is 23.6 Å². The molecule has 0 spiro atoms. The Kier molecular flexibility index (Phi) is 4.82. The second kappa shape index (κ2) is 7.20. The maximum atomic E-state index is 13.8. The molecule has 25 heavy (non-hydrogen) atoms. The molecule has 1 fully saturated rings. The second-order valence-corrected chi connectivity index (χ2v) is 5.49. The van der Waals surface area contributed by atoms with Gasteiger partial charge in [0.15, 0.2) is 11.5 Å². The Morgan fingerprint density at radius 1 is 1.44 bits per heavy atom. The van der Waals surface area contributed by atoms with Gasteiger partial charge in [-0.25, -0.2) is 18.4 Å². The summed E-state index contributed by atoms with van der Waals surface area (Å²) in [5, 5.41) is 9.63. The van der Waals surface area contributed by atoms with E-state index in [4.69, 9.17) is 5.73 Å². The van der Waals surface area contributed by atoms with Gasteiger partial charge in [-0.15, -0.1) is 0 Å². The number of amides is 1. The fourth-order valence-corrected chi connectivity index (χ4v) is 2.67. The zero-order valence-electron chi connectivity index (χ0n) is 13.1. The molecule has 0 radical (unpaired) electrons. The second-order valence-electron chi connectivity index (χ2n) is 5.49. The maximum Gasteiger partial charge on any atom is 0.275 e. The Morgan fingerprint density at radius 3 is 2.96 bits per heavy atom. The van der Waals surface area contributed by atoms with E-state index >= 15 is 0 Å². The molecule has 3 rings (SSSR count). The van der Waals surface area contributed by atoms with Crippen LogP contribution < -0.4 is 11.1 Å². The highest BCUT2D eigenvalue weighted by Gasteiger charge is 2.27. The Balaban J connectivity index is 1.83. The molecule has 1 aromatic heterocycles. The lowest BCUT2D eigenvalue weighted by molar-refractivity contribution is 0.0931. The van der Waals surface area contributed by atoms with E-state index in [1.165, 1.54) is 18.5 Å². The van der Waals surface area contributed by atoms with Crippen LogP contribution in [0.25, 0.3) is 0 Å². The lowest BCUT2D eigenvalue weighted by Crippen LogP contribution is -2.41. The molecule has 0 bridgehead atoms. The number of benzene rings is 1. The van der Waals surface area contributed by atoms with Gasteiger partial charge in [0.05, 0.1) is 11.7 Å². The fourth-order valence-electron chi connectivity index (χ4n) is 2.67. The number of nitrogens with two attached hydrogens (primary N) is 1. The van der Waals surface area contributed by atoms with Crippen LogP contribution in [0.4, 0.5) is 14.5 Å². The molecular formula is C16H15F2N5O2. The van der Waals surface area contributed by atoms with E-state index in [9.17, 15) is 13.6 Å². The van der Waals surface area contributed by atoms with E-state index in [2.05, 4.69) is 25.3 Å². The number of aromatic nitrogens is 2. The molecule has 9 heteroatoms. The van der Waals surface area contributed by atoms with Crippen molar-refractivity contribution in [1.29, 1.82) is 0 Å². The van der Waals surface area contributed by atoms with Crippen molar-refractivity contribution >= 4 is 17.3 Å². The molecule has 130 valence electrons. The molecule has 1 aliphatic carbocycles. The van der Waals surface area contributed by atoms with Gasteiger partial charge in [-0.2, -0.15) is 0 Å². The van der Waals surface area contributed by atoms with E-state index in [0.29, 0.717) is 24.1 Å². The number of aliphatic imine (C=N–C) groups is 1. The molecule has 0 aliphatic heterocycles. The van der Waals surface area contributed by atoms with Crippen LogP contribution in [0.5, 0.6) is 0 Å². The van der Waals surface area contributed by atoms with Crippen molar-refractivity contribution in [2.24, 2.45) is 10.7 Å². The average Bonchev–Trinajstić information content (AvgIpc) is 3.12. The zero-order valence-corrected chi connectivity index (χ0v) is 13.1. The SMILES string of the molecule is N/C=C1\C(=Nc2ccc(F)cc2F)CCCC1NC(=O)c1cnon1. The van der Waals surface area contributed by atoms with Crippen molar-refractivity contribution in [3.63, 3.8) is 0 Å². The van der Waals surface area contributed by atoms with Crippen LogP contribution >= 0.6 is 0 Å². The lowest BCUT2D eigenvalue weighted by atomic mass is 9.88. The summed E-state index contributed by atoms with van der Waals surface area (Å²) >= 11 is 0. The van der Waals surface area contributed by atoms with Crippen molar-refractivity contribution in [3.8, 4) is 0 Å².